The van der Waals surface area contributed by atoms with Crippen molar-refractivity contribution >= 4 is 15.7 Å². The van der Waals surface area contributed by atoms with E-state index in [4.69, 9.17) is 0 Å². The van der Waals surface area contributed by atoms with E-state index < -0.39 is 15.3 Å². The predicted octanol–water partition coefficient (Wildman–Crippen LogP) is 4.38. The summed E-state index contributed by atoms with van der Waals surface area (Å²) in [7, 11) is -3.31. The van der Waals surface area contributed by atoms with Crippen molar-refractivity contribution in [2.75, 3.05) is 4.72 Å². The maximum atomic E-state index is 12.0. The van der Waals surface area contributed by atoms with Crippen molar-refractivity contribution in [3.63, 3.8) is 0 Å². The number of anilines is 1. The SMILES string of the molecule is CC(C)S(=O)(=O)Nc1cccc(-c2ccc(C3CC3)cc2)c1. The quantitative estimate of drug-likeness (QED) is 0.890. The van der Waals surface area contributed by atoms with Crippen molar-refractivity contribution in [2.45, 2.75) is 37.9 Å². The molecule has 4 heteroatoms. The van der Waals surface area contributed by atoms with Crippen LogP contribution in [0.5, 0.6) is 0 Å². The topological polar surface area (TPSA) is 46.2 Å². The predicted molar refractivity (Wildman–Crippen MR) is 91.5 cm³/mol. The molecular formula is C18H21NO2S. The fourth-order valence-corrected chi connectivity index (χ4v) is 3.10. The highest BCUT2D eigenvalue weighted by Gasteiger charge is 2.23. The summed E-state index contributed by atoms with van der Waals surface area (Å²) in [6, 6.07) is 16.1. The van der Waals surface area contributed by atoms with Crippen LogP contribution in [0.25, 0.3) is 11.1 Å². The molecule has 0 aliphatic heterocycles. The van der Waals surface area contributed by atoms with E-state index in [-0.39, 0.29) is 0 Å². The van der Waals surface area contributed by atoms with Crippen molar-refractivity contribution in [3.05, 3.63) is 54.1 Å². The summed E-state index contributed by atoms with van der Waals surface area (Å²) in [5.74, 6) is 0.748. The van der Waals surface area contributed by atoms with Crippen LogP contribution in [0.2, 0.25) is 0 Å². The van der Waals surface area contributed by atoms with Crippen molar-refractivity contribution in [1.82, 2.24) is 0 Å². The Morgan fingerprint density at radius 2 is 1.68 bits per heavy atom. The molecule has 22 heavy (non-hydrogen) atoms. The highest BCUT2D eigenvalue weighted by Crippen LogP contribution is 2.40. The van der Waals surface area contributed by atoms with Crippen LogP contribution in [0.1, 0.15) is 38.2 Å². The second kappa shape index (κ2) is 5.76. The number of hydrogen-bond acceptors (Lipinski definition) is 2. The van der Waals surface area contributed by atoms with Gasteiger partial charge in [0.1, 0.15) is 0 Å². The Kier molecular flexibility index (Phi) is 3.96. The first-order valence-corrected chi connectivity index (χ1v) is 9.22. The van der Waals surface area contributed by atoms with E-state index in [1.165, 1.54) is 18.4 Å². The second-order valence-corrected chi connectivity index (χ2v) is 8.41. The average Bonchev–Trinajstić information content (AvgIpc) is 3.32. The molecular weight excluding hydrogens is 294 g/mol. The Balaban J connectivity index is 1.84. The summed E-state index contributed by atoms with van der Waals surface area (Å²) in [6.07, 6.45) is 2.59. The molecule has 0 radical (unpaired) electrons. The lowest BCUT2D eigenvalue weighted by Gasteiger charge is -2.12. The van der Waals surface area contributed by atoms with E-state index in [9.17, 15) is 8.42 Å². The fourth-order valence-electron chi connectivity index (χ4n) is 2.41. The molecule has 0 amide bonds. The summed E-state index contributed by atoms with van der Waals surface area (Å²) in [5, 5.41) is -0.450. The van der Waals surface area contributed by atoms with Crippen molar-refractivity contribution < 1.29 is 8.42 Å². The maximum absolute atomic E-state index is 12.0. The van der Waals surface area contributed by atoms with Gasteiger partial charge in [0, 0.05) is 5.69 Å². The lowest BCUT2D eigenvalue weighted by Crippen LogP contribution is -2.22. The Hall–Kier alpha value is -1.81. The maximum Gasteiger partial charge on any atom is 0.235 e. The molecule has 0 bridgehead atoms. The van der Waals surface area contributed by atoms with Gasteiger partial charge < -0.3 is 0 Å². The van der Waals surface area contributed by atoms with Gasteiger partial charge in [-0.1, -0.05) is 36.4 Å². The lowest BCUT2D eigenvalue weighted by atomic mass is 10.0. The zero-order valence-corrected chi connectivity index (χ0v) is 13.7. The molecule has 0 atom stereocenters. The van der Waals surface area contributed by atoms with Crippen LogP contribution < -0.4 is 4.72 Å². The molecule has 0 heterocycles. The lowest BCUT2D eigenvalue weighted by molar-refractivity contribution is 0.593. The molecule has 3 nitrogen and oxygen atoms in total. The fraction of sp³-hybridized carbons (Fsp3) is 0.333. The average molecular weight is 315 g/mol. The smallest absolute Gasteiger partial charge is 0.235 e. The van der Waals surface area contributed by atoms with Crippen LogP contribution in [-0.4, -0.2) is 13.7 Å². The molecule has 1 fully saturated rings. The summed E-state index contributed by atoms with van der Waals surface area (Å²) in [6.45, 7) is 3.34. The number of sulfonamides is 1. The third-order valence-corrected chi connectivity index (χ3v) is 5.80. The normalized spacial score (nSPS) is 15.0. The Morgan fingerprint density at radius 1 is 1.00 bits per heavy atom. The third-order valence-electron chi connectivity index (χ3n) is 4.04. The van der Waals surface area contributed by atoms with Crippen molar-refractivity contribution in [2.24, 2.45) is 0 Å². The monoisotopic (exact) mass is 315 g/mol. The summed E-state index contributed by atoms with van der Waals surface area (Å²) >= 11 is 0. The van der Waals surface area contributed by atoms with Crippen molar-refractivity contribution in [1.29, 1.82) is 0 Å². The molecule has 2 aromatic rings. The van der Waals surface area contributed by atoms with Gasteiger partial charge in [0.25, 0.3) is 0 Å². The Morgan fingerprint density at radius 3 is 2.27 bits per heavy atom. The molecule has 1 aliphatic carbocycles. The van der Waals surface area contributed by atoms with Gasteiger partial charge in [0.05, 0.1) is 5.25 Å². The standard InChI is InChI=1S/C18H21NO2S/c1-13(2)22(20,21)19-18-5-3-4-17(12-18)16-10-8-15(9-11-16)14-6-7-14/h3-5,8-14,19H,6-7H2,1-2H3. The highest BCUT2D eigenvalue weighted by molar-refractivity contribution is 7.93. The van der Waals surface area contributed by atoms with Gasteiger partial charge in [-0.15, -0.1) is 0 Å². The van der Waals surface area contributed by atoms with E-state index in [0.29, 0.717) is 5.69 Å². The first kappa shape index (κ1) is 15.1. The number of rotatable bonds is 5. The van der Waals surface area contributed by atoms with Gasteiger partial charge in [0.15, 0.2) is 0 Å². The number of benzene rings is 2. The van der Waals surface area contributed by atoms with Gasteiger partial charge in [-0.3, -0.25) is 4.72 Å². The zero-order valence-electron chi connectivity index (χ0n) is 12.9. The van der Waals surface area contributed by atoms with Gasteiger partial charge in [-0.25, -0.2) is 8.42 Å². The van der Waals surface area contributed by atoms with E-state index in [1.807, 2.05) is 18.2 Å². The molecule has 0 spiro atoms. The highest BCUT2D eigenvalue weighted by atomic mass is 32.2. The number of hydrogen-bond donors (Lipinski definition) is 1. The zero-order chi connectivity index (χ0) is 15.7. The summed E-state index contributed by atoms with van der Waals surface area (Å²) in [4.78, 5) is 0. The summed E-state index contributed by atoms with van der Waals surface area (Å²) in [5.41, 5.74) is 4.14. The van der Waals surface area contributed by atoms with Crippen LogP contribution in [0.4, 0.5) is 5.69 Å². The molecule has 0 saturated heterocycles. The van der Waals surface area contributed by atoms with E-state index in [1.54, 1.807) is 19.9 Å². The van der Waals surface area contributed by atoms with Gasteiger partial charge in [-0.2, -0.15) is 0 Å². The first-order chi connectivity index (χ1) is 10.5. The second-order valence-electron chi connectivity index (χ2n) is 6.17. The molecule has 0 unspecified atom stereocenters. The Labute approximate surface area is 132 Å². The molecule has 1 N–H and O–H groups in total. The van der Waals surface area contributed by atoms with Crippen LogP contribution in [0.3, 0.4) is 0 Å². The minimum atomic E-state index is -3.31. The first-order valence-electron chi connectivity index (χ1n) is 7.68. The van der Waals surface area contributed by atoms with Gasteiger partial charge >= 0.3 is 0 Å². The van der Waals surface area contributed by atoms with Crippen LogP contribution in [0.15, 0.2) is 48.5 Å². The van der Waals surface area contributed by atoms with E-state index in [0.717, 1.165) is 17.0 Å². The molecule has 2 aromatic carbocycles. The largest absolute Gasteiger partial charge is 0.283 e. The van der Waals surface area contributed by atoms with E-state index >= 15 is 0 Å². The van der Waals surface area contributed by atoms with Crippen LogP contribution in [-0.2, 0) is 10.0 Å². The summed E-state index contributed by atoms with van der Waals surface area (Å²) < 4.78 is 26.6. The van der Waals surface area contributed by atoms with E-state index in [2.05, 4.69) is 29.0 Å². The molecule has 116 valence electrons. The molecule has 3 rings (SSSR count). The Bertz CT molecular complexity index is 760. The van der Waals surface area contributed by atoms with Crippen molar-refractivity contribution in [3.8, 4) is 11.1 Å². The van der Waals surface area contributed by atoms with Gasteiger partial charge in [-0.05, 0) is 61.4 Å². The minimum Gasteiger partial charge on any atom is -0.283 e. The van der Waals surface area contributed by atoms with Crippen LogP contribution in [0, 0.1) is 0 Å². The third kappa shape index (κ3) is 3.33. The molecule has 1 aliphatic rings. The minimum absolute atomic E-state index is 0.450. The van der Waals surface area contributed by atoms with Crippen LogP contribution >= 0.6 is 0 Å². The number of nitrogens with one attached hydrogen (secondary N) is 1. The van der Waals surface area contributed by atoms with Gasteiger partial charge in [0.2, 0.25) is 10.0 Å². The molecule has 0 aromatic heterocycles. The molecule has 1 saturated carbocycles.